The van der Waals surface area contributed by atoms with Gasteiger partial charge in [-0.05, 0) is 86.1 Å². The molecule has 0 aromatic heterocycles. The van der Waals surface area contributed by atoms with Crippen LogP contribution < -0.4 is 0 Å². The Kier molecular flexibility index (Phi) is 6.53. The number of aryl methyl sites for hydroxylation is 4. The van der Waals surface area contributed by atoms with E-state index in [-0.39, 0.29) is 30.0 Å². The number of benzene rings is 3. The van der Waals surface area contributed by atoms with Gasteiger partial charge in [0.2, 0.25) is 0 Å². The van der Waals surface area contributed by atoms with Crippen molar-refractivity contribution >= 4 is 6.09 Å². The van der Waals surface area contributed by atoms with Crippen LogP contribution in [0.5, 0.6) is 0 Å². The zero-order valence-corrected chi connectivity index (χ0v) is 21.2. The number of hydrogen-bond donors (Lipinski definition) is 0. The first-order valence-corrected chi connectivity index (χ1v) is 12.0. The first-order valence-electron chi connectivity index (χ1n) is 12.0. The monoisotopic (exact) mass is 459 g/mol. The second-order valence-electron chi connectivity index (χ2n) is 10.1. The number of cyclic esters (lactones) is 1. The minimum Gasteiger partial charge on any atom is -0.439 e. The van der Waals surface area contributed by atoms with Crippen molar-refractivity contribution in [2.45, 2.75) is 73.1 Å². The molecule has 1 amide bonds. The van der Waals surface area contributed by atoms with Gasteiger partial charge in [0.1, 0.15) is 11.9 Å². The number of nitrogens with zero attached hydrogens (tertiary/aromatic N) is 1. The number of carbonyl (C=O) groups is 1. The minimum atomic E-state index is -0.306. The predicted octanol–water partition coefficient (Wildman–Crippen LogP) is 7.93. The summed E-state index contributed by atoms with van der Waals surface area (Å²) in [6.45, 7) is 14.6. The zero-order chi connectivity index (χ0) is 24.7. The fourth-order valence-corrected chi connectivity index (χ4v) is 5.06. The number of hydrogen-bond acceptors (Lipinski definition) is 2. The molecule has 0 spiro atoms. The fourth-order valence-electron chi connectivity index (χ4n) is 5.06. The van der Waals surface area contributed by atoms with Crippen LogP contribution in [0.25, 0.3) is 11.1 Å². The van der Waals surface area contributed by atoms with Crippen LogP contribution in [-0.4, -0.2) is 17.0 Å². The number of amides is 1. The summed E-state index contributed by atoms with van der Waals surface area (Å²) >= 11 is 0. The molecule has 1 saturated heterocycles. The smallest absolute Gasteiger partial charge is 0.411 e. The molecule has 3 aromatic rings. The van der Waals surface area contributed by atoms with E-state index in [1.165, 1.54) is 0 Å². The van der Waals surface area contributed by atoms with Crippen LogP contribution in [0.1, 0.15) is 71.7 Å². The standard InChI is InChI=1S/C30H34FNO2/c1-17(2)26-15-27(21(6)14-28(26)31)25-9-8-18(3)11-24(25)16-32-22(7)29(34-30(32)33)23-12-19(4)10-20(5)13-23/h8-15,17,22,29H,16H2,1-7H3/t22-,29-/m0/s1. The molecule has 4 rings (SSSR count). The lowest BCUT2D eigenvalue weighted by Crippen LogP contribution is -2.31. The molecule has 1 heterocycles. The first-order chi connectivity index (χ1) is 16.0. The maximum Gasteiger partial charge on any atom is 0.411 e. The van der Waals surface area contributed by atoms with Crippen molar-refractivity contribution in [3.05, 3.63) is 93.3 Å². The zero-order valence-electron chi connectivity index (χ0n) is 21.2. The Morgan fingerprint density at radius 2 is 1.59 bits per heavy atom. The Morgan fingerprint density at radius 1 is 0.912 bits per heavy atom. The average molecular weight is 460 g/mol. The molecule has 34 heavy (non-hydrogen) atoms. The molecule has 178 valence electrons. The van der Waals surface area contributed by atoms with Crippen molar-refractivity contribution < 1.29 is 13.9 Å². The number of halogens is 1. The number of rotatable bonds is 5. The molecule has 3 aromatic carbocycles. The van der Waals surface area contributed by atoms with Crippen LogP contribution in [0.2, 0.25) is 0 Å². The molecule has 1 aliphatic rings. The molecular weight excluding hydrogens is 425 g/mol. The van der Waals surface area contributed by atoms with Gasteiger partial charge >= 0.3 is 6.09 Å². The topological polar surface area (TPSA) is 29.5 Å². The van der Waals surface area contributed by atoms with E-state index in [2.05, 4.69) is 57.2 Å². The molecule has 0 N–H and O–H groups in total. The van der Waals surface area contributed by atoms with Gasteiger partial charge in [0.15, 0.2) is 0 Å². The van der Waals surface area contributed by atoms with Gasteiger partial charge in [0.05, 0.1) is 12.6 Å². The largest absolute Gasteiger partial charge is 0.439 e. The summed E-state index contributed by atoms with van der Waals surface area (Å²) in [5.74, 6) is -0.0849. The van der Waals surface area contributed by atoms with Gasteiger partial charge in [-0.2, -0.15) is 0 Å². The van der Waals surface area contributed by atoms with E-state index >= 15 is 0 Å². The van der Waals surface area contributed by atoms with Crippen molar-refractivity contribution in [3.8, 4) is 11.1 Å². The quantitative estimate of drug-likeness (QED) is 0.388. The molecular formula is C30H34FNO2. The van der Waals surface area contributed by atoms with Crippen LogP contribution >= 0.6 is 0 Å². The Morgan fingerprint density at radius 3 is 2.24 bits per heavy atom. The van der Waals surface area contributed by atoms with Crippen LogP contribution in [0, 0.1) is 33.5 Å². The van der Waals surface area contributed by atoms with E-state index in [9.17, 15) is 9.18 Å². The van der Waals surface area contributed by atoms with Gasteiger partial charge in [0.25, 0.3) is 0 Å². The van der Waals surface area contributed by atoms with Gasteiger partial charge in [0, 0.05) is 0 Å². The van der Waals surface area contributed by atoms with Crippen molar-refractivity contribution in [3.63, 3.8) is 0 Å². The van der Waals surface area contributed by atoms with Gasteiger partial charge in [-0.3, -0.25) is 4.90 Å². The van der Waals surface area contributed by atoms with Crippen molar-refractivity contribution in [1.82, 2.24) is 4.90 Å². The van der Waals surface area contributed by atoms with Crippen molar-refractivity contribution in [1.29, 1.82) is 0 Å². The summed E-state index contributed by atoms with van der Waals surface area (Å²) in [6, 6.07) is 16.1. The van der Waals surface area contributed by atoms with Crippen LogP contribution in [0.3, 0.4) is 0 Å². The van der Waals surface area contributed by atoms with E-state index < -0.39 is 0 Å². The summed E-state index contributed by atoms with van der Waals surface area (Å²) in [4.78, 5) is 14.8. The minimum absolute atomic E-state index is 0.0837. The summed E-state index contributed by atoms with van der Waals surface area (Å²) < 4.78 is 20.4. The third-order valence-electron chi connectivity index (χ3n) is 6.82. The van der Waals surface area contributed by atoms with Gasteiger partial charge in [-0.25, -0.2) is 9.18 Å². The molecule has 0 aliphatic carbocycles. The third-order valence-corrected chi connectivity index (χ3v) is 6.82. The summed E-state index contributed by atoms with van der Waals surface area (Å²) in [5.41, 5.74) is 9.12. The van der Waals surface area contributed by atoms with Crippen molar-refractivity contribution in [2.24, 2.45) is 0 Å². The molecule has 0 unspecified atom stereocenters. The van der Waals surface area contributed by atoms with Gasteiger partial charge in [-0.15, -0.1) is 0 Å². The molecule has 1 aliphatic heterocycles. The number of ether oxygens (including phenoxy) is 1. The van der Waals surface area contributed by atoms with E-state index in [1.54, 1.807) is 6.07 Å². The highest BCUT2D eigenvalue weighted by atomic mass is 19.1. The first kappa shape index (κ1) is 24.0. The summed E-state index contributed by atoms with van der Waals surface area (Å²) in [7, 11) is 0. The Hall–Kier alpha value is -3.14. The molecule has 4 heteroatoms. The van der Waals surface area contributed by atoms with E-state index in [0.717, 1.165) is 44.5 Å². The van der Waals surface area contributed by atoms with E-state index in [4.69, 9.17) is 4.74 Å². The summed E-state index contributed by atoms with van der Waals surface area (Å²) in [5, 5.41) is 0. The second-order valence-corrected chi connectivity index (χ2v) is 10.1. The lowest BCUT2D eigenvalue weighted by Gasteiger charge is -2.24. The molecule has 1 fully saturated rings. The molecule has 0 saturated carbocycles. The maximum absolute atomic E-state index is 14.6. The van der Waals surface area contributed by atoms with Crippen LogP contribution in [-0.2, 0) is 11.3 Å². The SMILES string of the molecule is Cc1cc(C)cc([C@H]2OC(=O)N(Cc3cc(C)ccc3-c3cc(C(C)C)c(F)cc3C)[C@H]2C)c1. The third kappa shape index (κ3) is 4.59. The van der Waals surface area contributed by atoms with Gasteiger partial charge < -0.3 is 4.74 Å². The predicted molar refractivity (Wildman–Crippen MR) is 136 cm³/mol. The lowest BCUT2D eigenvalue weighted by molar-refractivity contribution is 0.130. The van der Waals surface area contributed by atoms with E-state index in [1.807, 2.05) is 38.7 Å². The highest BCUT2D eigenvalue weighted by molar-refractivity contribution is 5.74. The number of carbonyl (C=O) groups excluding carboxylic acids is 1. The highest BCUT2D eigenvalue weighted by Crippen LogP contribution is 2.37. The van der Waals surface area contributed by atoms with Crippen LogP contribution in [0.15, 0.2) is 48.5 Å². The second kappa shape index (κ2) is 9.25. The highest BCUT2D eigenvalue weighted by Gasteiger charge is 2.40. The normalized spacial score (nSPS) is 18.0. The molecule has 3 nitrogen and oxygen atoms in total. The molecule has 2 atom stereocenters. The fraction of sp³-hybridized carbons (Fsp3) is 0.367. The van der Waals surface area contributed by atoms with Gasteiger partial charge in [-0.1, -0.05) is 66.9 Å². The van der Waals surface area contributed by atoms with E-state index in [0.29, 0.717) is 12.1 Å². The average Bonchev–Trinajstić information content (AvgIpc) is 3.02. The Labute approximate surface area is 202 Å². The lowest BCUT2D eigenvalue weighted by atomic mass is 9.90. The van der Waals surface area contributed by atoms with Crippen molar-refractivity contribution in [2.75, 3.05) is 0 Å². The molecule has 0 radical (unpaired) electrons. The van der Waals surface area contributed by atoms with Crippen LogP contribution in [0.4, 0.5) is 9.18 Å². The maximum atomic E-state index is 14.6. The Balaban J connectivity index is 1.71. The molecule has 0 bridgehead atoms. The Bertz CT molecular complexity index is 1230. The summed E-state index contributed by atoms with van der Waals surface area (Å²) in [6.07, 6.45) is -0.609.